The molecule has 0 unspecified atom stereocenters. The molecule has 0 aliphatic heterocycles. The maximum Gasteiger partial charge on any atom is 0.574 e. The Balaban J connectivity index is 3.23. The SMILES string of the molecule is COc1cnc(OC(F)(F)F)c(I)c1C(F)F. The minimum atomic E-state index is -4.99. The van der Waals surface area contributed by atoms with Gasteiger partial charge in [-0.1, -0.05) is 0 Å². The number of rotatable bonds is 3. The zero-order valence-electron chi connectivity index (χ0n) is 8.19. The molecule has 1 heterocycles. The molecule has 0 aromatic carbocycles. The Labute approximate surface area is 106 Å². The lowest BCUT2D eigenvalue weighted by Crippen LogP contribution is -2.19. The Kier molecular flexibility index (Phi) is 4.33. The molecule has 0 atom stereocenters. The van der Waals surface area contributed by atoms with Gasteiger partial charge < -0.3 is 9.47 Å². The lowest BCUT2D eigenvalue weighted by atomic mass is 10.2. The molecule has 9 heteroatoms. The summed E-state index contributed by atoms with van der Waals surface area (Å²) in [5.41, 5.74) is -0.678. The van der Waals surface area contributed by atoms with Crippen LogP contribution in [0.2, 0.25) is 0 Å². The molecule has 0 radical (unpaired) electrons. The molecule has 17 heavy (non-hydrogen) atoms. The minimum Gasteiger partial charge on any atom is -0.495 e. The summed E-state index contributed by atoms with van der Waals surface area (Å²) in [5.74, 6) is -1.21. The van der Waals surface area contributed by atoms with Crippen molar-refractivity contribution in [3.8, 4) is 11.6 Å². The molecule has 0 saturated heterocycles. The zero-order chi connectivity index (χ0) is 13.2. The molecule has 96 valence electrons. The number of aromatic nitrogens is 1. The summed E-state index contributed by atoms with van der Waals surface area (Å²) in [7, 11) is 1.11. The molecule has 1 aromatic rings. The van der Waals surface area contributed by atoms with Gasteiger partial charge in [-0.05, 0) is 22.6 Å². The Hall–Kier alpha value is -0.870. The highest BCUT2D eigenvalue weighted by Crippen LogP contribution is 2.37. The van der Waals surface area contributed by atoms with Gasteiger partial charge in [0.05, 0.1) is 22.4 Å². The van der Waals surface area contributed by atoms with Crippen LogP contribution in [-0.4, -0.2) is 18.5 Å². The van der Waals surface area contributed by atoms with Gasteiger partial charge in [0, 0.05) is 0 Å². The molecule has 1 rings (SSSR count). The van der Waals surface area contributed by atoms with Gasteiger partial charge >= 0.3 is 6.36 Å². The maximum absolute atomic E-state index is 12.6. The predicted octanol–water partition coefficient (Wildman–Crippen LogP) is 3.53. The van der Waals surface area contributed by atoms with Gasteiger partial charge in [0.2, 0.25) is 5.88 Å². The topological polar surface area (TPSA) is 31.4 Å². The van der Waals surface area contributed by atoms with Crippen molar-refractivity contribution in [2.75, 3.05) is 7.11 Å². The van der Waals surface area contributed by atoms with Crippen molar-refractivity contribution in [2.24, 2.45) is 0 Å². The molecule has 0 saturated carbocycles. The molecule has 0 fully saturated rings. The van der Waals surface area contributed by atoms with Crippen LogP contribution < -0.4 is 9.47 Å². The van der Waals surface area contributed by atoms with Crippen molar-refractivity contribution in [3.05, 3.63) is 15.3 Å². The second-order valence-electron chi connectivity index (χ2n) is 2.71. The number of hydrogen-bond donors (Lipinski definition) is 0. The molecule has 3 nitrogen and oxygen atoms in total. The van der Waals surface area contributed by atoms with Crippen LogP contribution in [0.15, 0.2) is 6.20 Å². The second-order valence-corrected chi connectivity index (χ2v) is 3.79. The fourth-order valence-corrected chi connectivity index (χ4v) is 1.76. The average Bonchev–Trinajstić information content (AvgIpc) is 2.18. The Morgan fingerprint density at radius 1 is 1.35 bits per heavy atom. The molecule has 0 aliphatic rings. The number of halogens is 6. The molecule has 0 spiro atoms. The standard InChI is InChI=1S/C8H5F5INO2/c1-16-3-2-15-7(17-8(11,12)13)5(14)4(3)6(9)10/h2,6H,1H3. The summed E-state index contributed by atoms with van der Waals surface area (Å²) in [6, 6.07) is 0. The number of hydrogen-bond acceptors (Lipinski definition) is 3. The number of pyridine rings is 1. The summed E-state index contributed by atoms with van der Waals surface area (Å²) >= 11 is 1.30. The third-order valence-electron chi connectivity index (χ3n) is 1.64. The molecule has 0 amide bonds. The molecule has 0 bridgehead atoms. The Morgan fingerprint density at radius 2 is 1.94 bits per heavy atom. The Morgan fingerprint density at radius 3 is 2.35 bits per heavy atom. The van der Waals surface area contributed by atoms with E-state index >= 15 is 0 Å². The van der Waals surface area contributed by atoms with Gasteiger partial charge in [0.15, 0.2) is 0 Å². The van der Waals surface area contributed by atoms with Gasteiger partial charge in [-0.25, -0.2) is 13.8 Å². The summed E-state index contributed by atoms with van der Waals surface area (Å²) < 4.78 is 68.8. The first kappa shape index (κ1) is 14.2. The van der Waals surface area contributed by atoms with Crippen molar-refractivity contribution >= 4 is 22.6 Å². The van der Waals surface area contributed by atoms with Crippen LogP contribution >= 0.6 is 22.6 Å². The first-order valence-corrected chi connectivity index (χ1v) is 5.10. The fraction of sp³-hybridized carbons (Fsp3) is 0.375. The van der Waals surface area contributed by atoms with Gasteiger partial charge in [-0.15, -0.1) is 13.2 Å². The lowest BCUT2D eigenvalue weighted by Gasteiger charge is -2.14. The van der Waals surface area contributed by atoms with Crippen LogP contribution in [0.3, 0.4) is 0 Å². The molecular formula is C8H5F5INO2. The summed E-state index contributed by atoms with van der Waals surface area (Å²) in [6.45, 7) is 0. The van der Waals surface area contributed by atoms with Gasteiger partial charge in [0.1, 0.15) is 5.75 Å². The van der Waals surface area contributed by atoms with E-state index in [0.717, 1.165) is 13.3 Å². The average molecular weight is 369 g/mol. The fourth-order valence-electron chi connectivity index (χ4n) is 1.01. The van der Waals surface area contributed by atoms with E-state index in [1.807, 2.05) is 0 Å². The van der Waals surface area contributed by atoms with Crippen LogP contribution in [0.1, 0.15) is 12.0 Å². The summed E-state index contributed by atoms with van der Waals surface area (Å²) in [6.07, 6.45) is -7.22. The number of alkyl halides is 5. The van der Waals surface area contributed by atoms with Crippen LogP contribution in [0.25, 0.3) is 0 Å². The lowest BCUT2D eigenvalue weighted by molar-refractivity contribution is -0.276. The Bertz CT molecular complexity index is 410. The third-order valence-corrected chi connectivity index (χ3v) is 2.68. The van der Waals surface area contributed by atoms with Gasteiger partial charge in [-0.2, -0.15) is 0 Å². The highest BCUT2D eigenvalue weighted by Gasteiger charge is 2.34. The van der Waals surface area contributed by atoms with E-state index < -0.39 is 27.8 Å². The quantitative estimate of drug-likeness (QED) is 0.604. The van der Waals surface area contributed by atoms with E-state index in [2.05, 4.69) is 14.5 Å². The van der Waals surface area contributed by atoms with Crippen LogP contribution in [0.4, 0.5) is 22.0 Å². The maximum atomic E-state index is 12.6. The summed E-state index contributed by atoms with van der Waals surface area (Å²) in [4.78, 5) is 3.27. The van der Waals surface area contributed by atoms with E-state index in [0.29, 0.717) is 0 Å². The normalized spacial score (nSPS) is 11.8. The van der Waals surface area contributed by atoms with Crippen molar-refractivity contribution < 1.29 is 31.4 Å². The summed E-state index contributed by atoms with van der Waals surface area (Å²) in [5, 5.41) is 0. The van der Waals surface area contributed by atoms with Crippen molar-refractivity contribution in [1.82, 2.24) is 4.98 Å². The van der Waals surface area contributed by atoms with Gasteiger partial charge in [-0.3, -0.25) is 0 Å². The third kappa shape index (κ3) is 3.54. The number of methoxy groups -OCH3 is 1. The monoisotopic (exact) mass is 369 g/mol. The molecule has 1 aromatic heterocycles. The van der Waals surface area contributed by atoms with Crippen LogP contribution in [0.5, 0.6) is 11.6 Å². The van der Waals surface area contributed by atoms with Crippen molar-refractivity contribution in [2.45, 2.75) is 12.8 Å². The van der Waals surface area contributed by atoms with Crippen molar-refractivity contribution in [1.29, 1.82) is 0 Å². The van der Waals surface area contributed by atoms with E-state index in [1.165, 1.54) is 22.6 Å². The highest BCUT2D eigenvalue weighted by molar-refractivity contribution is 14.1. The minimum absolute atomic E-state index is 0.293. The van der Waals surface area contributed by atoms with Crippen LogP contribution in [0, 0.1) is 3.57 Å². The predicted molar refractivity (Wildman–Crippen MR) is 55.1 cm³/mol. The highest BCUT2D eigenvalue weighted by atomic mass is 127. The van der Waals surface area contributed by atoms with Crippen molar-refractivity contribution in [3.63, 3.8) is 0 Å². The smallest absolute Gasteiger partial charge is 0.495 e. The van der Waals surface area contributed by atoms with Crippen LogP contribution in [-0.2, 0) is 0 Å². The van der Waals surface area contributed by atoms with E-state index in [9.17, 15) is 22.0 Å². The molecule has 0 N–H and O–H groups in total. The largest absolute Gasteiger partial charge is 0.574 e. The number of nitrogens with zero attached hydrogens (tertiary/aromatic N) is 1. The van der Waals surface area contributed by atoms with E-state index in [4.69, 9.17) is 0 Å². The van der Waals surface area contributed by atoms with E-state index in [1.54, 1.807) is 0 Å². The second kappa shape index (κ2) is 5.19. The first-order valence-electron chi connectivity index (χ1n) is 4.02. The number of ether oxygens (including phenoxy) is 2. The molecule has 0 aliphatic carbocycles. The zero-order valence-corrected chi connectivity index (χ0v) is 10.3. The van der Waals surface area contributed by atoms with Gasteiger partial charge in [0.25, 0.3) is 6.43 Å². The first-order chi connectivity index (χ1) is 7.76. The van der Waals surface area contributed by atoms with E-state index in [-0.39, 0.29) is 5.75 Å². The molecular weight excluding hydrogens is 364 g/mol.